The van der Waals surface area contributed by atoms with Gasteiger partial charge in [0.05, 0.1) is 17.9 Å². The number of rotatable bonds is 10. The second kappa shape index (κ2) is 14.3. The molecule has 5 rings (SSSR count). The molecule has 1 amide bonds. The highest BCUT2D eigenvalue weighted by atomic mass is 32.2. The molecule has 2 aliphatic heterocycles. The van der Waals surface area contributed by atoms with Crippen LogP contribution in [-0.2, 0) is 33.8 Å². The number of ether oxygens (including phenoxy) is 3. The van der Waals surface area contributed by atoms with Crippen LogP contribution in [0.2, 0.25) is 0 Å². The first-order valence-corrected chi connectivity index (χ1v) is 15.7. The third kappa shape index (κ3) is 8.54. The van der Waals surface area contributed by atoms with E-state index < -0.39 is 17.7 Å². The smallest absolute Gasteiger partial charge is 0.407 e. The van der Waals surface area contributed by atoms with Crippen LogP contribution >= 0.6 is 11.8 Å². The van der Waals surface area contributed by atoms with Crippen LogP contribution < -0.4 is 20.7 Å². The summed E-state index contributed by atoms with van der Waals surface area (Å²) in [6.45, 7) is 7.43. The molecule has 0 fully saturated rings. The summed E-state index contributed by atoms with van der Waals surface area (Å²) in [5.41, 5.74) is 10.00. The summed E-state index contributed by atoms with van der Waals surface area (Å²) >= 11 is 1.70. The number of benzene rings is 2. The van der Waals surface area contributed by atoms with Crippen molar-refractivity contribution >= 4 is 53.4 Å². The summed E-state index contributed by atoms with van der Waals surface area (Å²) in [5.74, 6) is 0.725. The van der Waals surface area contributed by atoms with Crippen LogP contribution in [0.15, 0.2) is 57.9 Å². The number of esters is 1. The monoisotopic (exact) mass is 641 g/mol. The van der Waals surface area contributed by atoms with E-state index in [2.05, 4.69) is 25.2 Å². The highest BCUT2D eigenvalue weighted by molar-refractivity contribution is 7.99. The summed E-state index contributed by atoms with van der Waals surface area (Å²) in [5, 5.41) is 12.3. The number of hydrogen-bond donors (Lipinski definition) is 2. The molecular formula is C33H35N7O5S. The minimum atomic E-state index is -0.688. The molecule has 0 atom stereocenters. The lowest BCUT2D eigenvalue weighted by Gasteiger charge is -2.30. The molecule has 13 heteroatoms. The van der Waals surface area contributed by atoms with Gasteiger partial charge in [-0.2, -0.15) is 10.2 Å². The van der Waals surface area contributed by atoms with Crippen molar-refractivity contribution in [1.82, 2.24) is 15.3 Å². The Morgan fingerprint density at radius 1 is 1.15 bits per heavy atom. The molecule has 3 heterocycles. The molecule has 0 bridgehead atoms. The number of aromatic nitrogens is 2. The SMILES string of the molecule is CC(C)(C)OC(=O)/C(C#N)=C/c1ccc2c(c1)SCCN2CCOC(=O)NCc1ccc(COc2nc(N)nc3c2N=CC3)cc1. The number of carbonyl (C=O) groups excluding carboxylic acids is 2. The van der Waals surface area contributed by atoms with Crippen molar-refractivity contribution in [2.45, 2.75) is 50.8 Å². The average Bonchev–Trinajstić information content (AvgIpc) is 3.49. The maximum Gasteiger partial charge on any atom is 0.407 e. The Balaban J connectivity index is 1.07. The van der Waals surface area contributed by atoms with E-state index in [4.69, 9.17) is 19.9 Å². The normalized spacial score (nSPS) is 13.8. The van der Waals surface area contributed by atoms with Crippen molar-refractivity contribution in [2.75, 3.05) is 36.1 Å². The summed E-state index contributed by atoms with van der Waals surface area (Å²) in [4.78, 5) is 40.6. The quantitative estimate of drug-likeness (QED) is 0.174. The van der Waals surface area contributed by atoms with Gasteiger partial charge in [0.1, 0.15) is 36.1 Å². The van der Waals surface area contributed by atoms with Crippen molar-refractivity contribution in [2.24, 2.45) is 4.99 Å². The fourth-order valence-electron chi connectivity index (χ4n) is 4.72. The maximum absolute atomic E-state index is 12.4. The number of nitrogens with zero attached hydrogens (tertiary/aromatic N) is 5. The van der Waals surface area contributed by atoms with E-state index in [-0.39, 0.29) is 24.7 Å². The molecule has 0 saturated carbocycles. The molecule has 0 aliphatic carbocycles. The second-order valence-electron chi connectivity index (χ2n) is 11.5. The third-order valence-corrected chi connectivity index (χ3v) is 7.89. The molecule has 2 aliphatic rings. The summed E-state index contributed by atoms with van der Waals surface area (Å²) in [6.07, 6.45) is 3.41. The van der Waals surface area contributed by atoms with Crippen LogP contribution in [0.25, 0.3) is 6.08 Å². The zero-order chi connectivity index (χ0) is 32.7. The number of hydrogen-bond acceptors (Lipinski definition) is 12. The number of nitrogens with one attached hydrogen (secondary N) is 1. The Labute approximate surface area is 271 Å². The lowest BCUT2D eigenvalue weighted by molar-refractivity contribution is -0.149. The number of alkyl carbamates (subject to hydrolysis) is 1. The van der Waals surface area contributed by atoms with E-state index in [1.54, 1.807) is 44.8 Å². The number of anilines is 2. The Bertz CT molecular complexity index is 1710. The third-order valence-electron chi connectivity index (χ3n) is 6.87. The van der Waals surface area contributed by atoms with Crippen molar-refractivity contribution in [1.29, 1.82) is 5.26 Å². The Morgan fingerprint density at radius 2 is 1.93 bits per heavy atom. The number of amides is 1. The van der Waals surface area contributed by atoms with Crippen molar-refractivity contribution in [3.05, 3.63) is 70.4 Å². The summed E-state index contributed by atoms with van der Waals surface area (Å²) < 4.78 is 16.6. The molecule has 0 unspecified atom stereocenters. The van der Waals surface area contributed by atoms with Crippen LogP contribution in [0.1, 0.15) is 43.2 Å². The first-order chi connectivity index (χ1) is 22.1. The van der Waals surface area contributed by atoms with Gasteiger partial charge in [-0.25, -0.2) is 14.6 Å². The fourth-order valence-corrected chi connectivity index (χ4v) is 5.82. The zero-order valence-corrected chi connectivity index (χ0v) is 26.7. The largest absolute Gasteiger partial charge is 0.471 e. The van der Waals surface area contributed by atoms with Gasteiger partial charge in [-0.3, -0.25) is 4.99 Å². The Morgan fingerprint density at radius 3 is 2.70 bits per heavy atom. The molecule has 12 nitrogen and oxygen atoms in total. The molecule has 3 aromatic rings. The van der Waals surface area contributed by atoms with Gasteiger partial charge in [-0.15, -0.1) is 11.8 Å². The number of aliphatic imine (C=N–C) groups is 1. The van der Waals surface area contributed by atoms with E-state index in [0.29, 0.717) is 31.1 Å². The van der Waals surface area contributed by atoms with Crippen LogP contribution in [0.4, 0.5) is 22.1 Å². The van der Waals surface area contributed by atoms with Gasteiger partial charge in [0.15, 0.2) is 0 Å². The minimum Gasteiger partial charge on any atom is -0.471 e. The van der Waals surface area contributed by atoms with Gasteiger partial charge in [0, 0.05) is 36.4 Å². The molecule has 0 saturated heterocycles. The molecule has 2 aromatic carbocycles. The van der Waals surface area contributed by atoms with Crippen molar-refractivity contribution < 1.29 is 23.8 Å². The summed E-state index contributed by atoms with van der Waals surface area (Å²) in [6, 6.07) is 15.4. The molecular weight excluding hydrogens is 606 g/mol. The number of fused-ring (bicyclic) bond motifs is 2. The molecule has 0 spiro atoms. The minimum absolute atomic E-state index is 0.0558. The number of thioether (sulfide) groups is 1. The van der Waals surface area contributed by atoms with E-state index in [9.17, 15) is 14.9 Å². The average molecular weight is 642 g/mol. The maximum atomic E-state index is 12.4. The van der Waals surface area contributed by atoms with Crippen LogP contribution in [-0.4, -0.2) is 59.3 Å². The molecule has 3 N–H and O–H groups in total. The standard InChI is InChI=1S/C33H35N7O5S/c1-33(2,3)45-30(41)24(18-34)16-23-8-9-26-27(17-23)46-15-13-40(26)12-14-43-32(42)37-19-21-4-6-22(7-5-21)20-44-29-28-25(10-11-36-28)38-31(35)39-29/h4-9,11,16-17H,10,12-15,19-20H2,1-3H3,(H,37,42)(H2,35,38,39)/b24-16+. The molecule has 0 radical (unpaired) electrons. The fraction of sp³-hybridized carbons (Fsp3) is 0.333. The Hall–Kier alpha value is -5.09. The topological polar surface area (TPSA) is 165 Å². The van der Waals surface area contributed by atoms with Crippen LogP contribution in [0.5, 0.6) is 5.88 Å². The number of nitriles is 1. The van der Waals surface area contributed by atoms with Gasteiger partial charge >= 0.3 is 12.1 Å². The Kier molecular flexibility index (Phi) is 10.1. The number of nitrogens with two attached hydrogens (primary N) is 1. The predicted molar refractivity (Wildman–Crippen MR) is 176 cm³/mol. The van der Waals surface area contributed by atoms with Gasteiger partial charge in [-0.05, 0) is 55.7 Å². The number of carbonyl (C=O) groups is 2. The van der Waals surface area contributed by atoms with Crippen molar-refractivity contribution in [3.8, 4) is 11.9 Å². The predicted octanol–water partition coefficient (Wildman–Crippen LogP) is 4.98. The lowest BCUT2D eigenvalue weighted by atomic mass is 10.1. The van der Waals surface area contributed by atoms with Gasteiger partial charge < -0.3 is 30.2 Å². The molecule has 1 aromatic heterocycles. The van der Waals surface area contributed by atoms with Gasteiger partial charge in [-0.1, -0.05) is 30.3 Å². The van der Waals surface area contributed by atoms with Crippen molar-refractivity contribution in [3.63, 3.8) is 0 Å². The first-order valence-electron chi connectivity index (χ1n) is 14.7. The number of nitrogen functional groups attached to an aromatic ring is 1. The van der Waals surface area contributed by atoms with Gasteiger partial charge in [0.25, 0.3) is 0 Å². The first kappa shape index (κ1) is 32.3. The van der Waals surface area contributed by atoms with E-state index in [0.717, 1.165) is 45.3 Å². The highest BCUT2D eigenvalue weighted by Crippen LogP contribution is 2.36. The van der Waals surface area contributed by atoms with E-state index >= 15 is 0 Å². The highest BCUT2D eigenvalue weighted by Gasteiger charge is 2.22. The van der Waals surface area contributed by atoms with E-state index in [1.807, 2.05) is 48.5 Å². The van der Waals surface area contributed by atoms with Crippen LogP contribution in [0, 0.1) is 11.3 Å². The zero-order valence-electron chi connectivity index (χ0n) is 25.9. The van der Waals surface area contributed by atoms with E-state index in [1.165, 1.54) is 0 Å². The molecule has 46 heavy (non-hydrogen) atoms. The lowest BCUT2D eigenvalue weighted by Crippen LogP contribution is -2.34. The van der Waals surface area contributed by atoms with Crippen LogP contribution in [0.3, 0.4) is 0 Å². The summed E-state index contributed by atoms with van der Waals surface area (Å²) in [7, 11) is 0. The van der Waals surface area contributed by atoms with Gasteiger partial charge in [0.2, 0.25) is 11.8 Å². The second-order valence-corrected chi connectivity index (χ2v) is 12.7. The molecule has 238 valence electrons.